The fraction of sp³-hybridized carbons (Fsp3) is 0.236. The molecule has 0 atom stereocenters. The summed E-state index contributed by atoms with van der Waals surface area (Å²) in [5.74, 6) is 8.78. The number of nitrogen functional groups attached to an aromatic ring is 7. The summed E-state index contributed by atoms with van der Waals surface area (Å²) in [6.45, 7) is 5.88. The van der Waals surface area contributed by atoms with Gasteiger partial charge in [0.25, 0.3) is 0 Å². The maximum atomic E-state index is 5.60. The van der Waals surface area contributed by atoms with Crippen LogP contribution >= 0.6 is 34.0 Å². The summed E-state index contributed by atoms with van der Waals surface area (Å²) in [6.07, 6.45) is 0. The van der Waals surface area contributed by atoms with Crippen molar-refractivity contribution >= 4 is 176 Å². The number of anilines is 24. The number of nitrogens with one attached hydrogen (secondary N) is 9. The van der Waals surface area contributed by atoms with Gasteiger partial charge in [-0.15, -0.1) is 0 Å². The van der Waals surface area contributed by atoms with Crippen molar-refractivity contribution in [2.24, 2.45) is 0 Å². The molecule has 510 valence electrons. The molecule has 97 heavy (non-hydrogen) atoms. The molecule has 0 saturated carbocycles. The number of thiophene rings is 3. The van der Waals surface area contributed by atoms with Crippen molar-refractivity contribution in [1.29, 1.82) is 0 Å². The third kappa shape index (κ3) is 22.9. The maximum Gasteiger partial charge on any atom is 0.237 e. The van der Waals surface area contributed by atoms with Gasteiger partial charge in [-0.05, 0) is 91.5 Å². The standard InChI is InChI=1S/C11H16N6S.2C9H13N7.2C9H12N6S.C8H11N7/c1-16(2)10-13-9(12-8-5-6-18-7-8)14-11(15-10)17(3)4;1-5-3-4-6(12-5)16(2)9-14-7(10)13-8(11)15-9;1-5-3-4-6(12-5)13-9-15-7(10)14-8(11-2)16-9;1-15(2)9-13-7(10)12-8(14-9)11-6-3-4-16-5-6;1-11-8-12-7(10)13-9(14-8)15(2)6-3-4-16-5-6;1-4-2-3-5(11-4)12-8-14-6(9)13-7(10)15-8/h5-7H,1-4H3,(H,12,13,14,15);3-4,12H,1-2H3,(H4,10,11,13,14,15);3-4,12H,1-2H3,(H4,10,11,13,14,15,16);2*3-5H,1-2H3,(H3,10,11,12,13,14);2-3,11H,1H3,(H5,9,10,12,13,14,15). The second-order valence-electron chi connectivity index (χ2n) is 20.4. The molecule has 0 saturated heterocycles. The summed E-state index contributed by atoms with van der Waals surface area (Å²) in [5.41, 5.74) is 44.7. The first-order valence-electron chi connectivity index (χ1n) is 28.6. The lowest BCUT2D eigenvalue weighted by atomic mass is 10.5. The van der Waals surface area contributed by atoms with Gasteiger partial charge < -0.3 is 107 Å². The van der Waals surface area contributed by atoms with E-state index in [0.29, 0.717) is 65.4 Å². The second kappa shape index (κ2) is 34.3. The van der Waals surface area contributed by atoms with E-state index in [-0.39, 0.29) is 41.6 Å². The maximum absolute atomic E-state index is 5.60. The van der Waals surface area contributed by atoms with Crippen LogP contribution in [0.5, 0.6) is 0 Å². The van der Waals surface area contributed by atoms with Crippen molar-refractivity contribution in [1.82, 2.24) is 105 Å². The molecule has 0 amide bonds. The van der Waals surface area contributed by atoms with Crippen molar-refractivity contribution in [2.45, 2.75) is 20.8 Å². The Morgan fingerprint density at radius 2 is 0.660 bits per heavy atom. The lowest BCUT2D eigenvalue weighted by Gasteiger charge is -2.16. The molecule has 0 fully saturated rings. The number of hydrogen-bond donors (Lipinski definition) is 16. The SMILES string of the molecule is CN(C)c1nc(N)nc(Nc2ccsc2)n1.CN(C)c1nc(Nc2ccsc2)nc(N(C)C)n1.CNc1nc(N)nc(N(C)c2ccsc2)n1.CNc1nc(N)nc(Nc2ccc(C)[nH]2)n1.Cc1ccc(N(C)c2nc(N)nc(N)n2)[nH]1.Cc1ccc(Nc2nc(N)nc(N)n2)[nH]1. The smallest absolute Gasteiger partial charge is 0.237 e. The highest BCUT2D eigenvalue weighted by atomic mass is 32.1. The van der Waals surface area contributed by atoms with Crippen LogP contribution in [0.15, 0.2) is 86.9 Å². The summed E-state index contributed by atoms with van der Waals surface area (Å²) >= 11 is 4.84. The largest absolute Gasteiger partial charge is 0.368 e. The molecule has 39 nitrogen and oxygen atoms in total. The van der Waals surface area contributed by atoms with Gasteiger partial charge in [-0.3, -0.25) is 4.90 Å². The molecule has 0 aromatic carbocycles. The van der Waals surface area contributed by atoms with Crippen LogP contribution in [0.2, 0.25) is 0 Å². The number of nitrogens with two attached hydrogens (primary N) is 7. The molecule has 0 bridgehead atoms. The average Bonchev–Trinajstić information content (AvgIpc) is 1.89. The Morgan fingerprint density at radius 3 is 1.06 bits per heavy atom. The third-order valence-electron chi connectivity index (χ3n) is 11.9. The number of rotatable bonds is 17. The van der Waals surface area contributed by atoms with Crippen LogP contribution in [0.4, 0.5) is 142 Å². The zero-order chi connectivity index (χ0) is 70.3. The van der Waals surface area contributed by atoms with Gasteiger partial charge in [0.2, 0.25) is 107 Å². The molecular formula is C55H77N39S3. The second-order valence-corrected chi connectivity index (χ2v) is 22.7. The molecule has 12 aromatic rings. The molecule has 0 unspecified atom stereocenters. The minimum atomic E-state index is 0.0910. The lowest BCUT2D eigenvalue weighted by Crippen LogP contribution is -2.19. The van der Waals surface area contributed by atoms with E-state index in [1.807, 2.05) is 179 Å². The first kappa shape index (κ1) is 71.8. The highest BCUT2D eigenvalue weighted by Crippen LogP contribution is 2.25. The summed E-state index contributed by atoms with van der Waals surface area (Å²) in [5, 5.41) is 29.8. The predicted octanol–water partition coefficient (Wildman–Crippen LogP) is 6.19. The molecule has 12 rings (SSSR count). The Balaban J connectivity index is 0.000000164. The topological polar surface area (TPSA) is 550 Å². The normalized spacial score (nSPS) is 10.2. The Labute approximate surface area is 569 Å². The van der Waals surface area contributed by atoms with E-state index >= 15 is 0 Å². The molecule has 23 N–H and O–H groups in total. The Bertz CT molecular complexity index is 4270. The van der Waals surface area contributed by atoms with Crippen molar-refractivity contribution < 1.29 is 0 Å². The molecule has 0 spiro atoms. The number of aryl methyl sites for hydroxylation is 3. The first-order chi connectivity index (χ1) is 46.3. The van der Waals surface area contributed by atoms with E-state index in [4.69, 9.17) is 40.1 Å². The van der Waals surface area contributed by atoms with Crippen LogP contribution in [-0.4, -0.2) is 175 Å². The minimum Gasteiger partial charge on any atom is -0.368 e. The number of aromatic nitrogens is 21. The quantitative estimate of drug-likeness (QED) is 0.0483. The van der Waals surface area contributed by atoms with Crippen LogP contribution in [0, 0.1) is 20.8 Å². The van der Waals surface area contributed by atoms with Crippen molar-refractivity contribution in [3.63, 3.8) is 0 Å². The Morgan fingerprint density at radius 1 is 0.320 bits per heavy atom. The van der Waals surface area contributed by atoms with Gasteiger partial charge in [0.1, 0.15) is 17.5 Å². The highest BCUT2D eigenvalue weighted by Gasteiger charge is 2.14. The average molecular weight is 1380 g/mol. The van der Waals surface area contributed by atoms with E-state index in [1.165, 1.54) is 0 Å². The number of hydrogen-bond acceptors (Lipinski definition) is 39. The summed E-state index contributed by atoms with van der Waals surface area (Å²) < 4.78 is 0. The van der Waals surface area contributed by atoms with Gasteiger partial charge >= 0.3 is 0 Å². The molecule has 12 aromatic heterocycles. The first-order valence-corrected chi connectivity index (χ1v) is 31.4. The van der Waals surface area contributed by atoms with E-state index in [1.54, 1.807) is 57.9 Å². The molecule has 0 radical (unpaired) electrons. The Hall–Kier alpha value is -12.6. The summed E-state index contributed by atoms with van der Waals surface area (Å²) in [7, 11) is 18.5. The molecule has 42 heteroatoms. The third-order valence-corrected chi connectivity index (χ3v) is 13.9. The molecule has 0 aliphatic carbocycles. The molecule has 12 heterocycles. The molecule has 0 aliphatic heterocycles. The van der Waals surface area contributed by atoms with Crippen LogP contribution in [0.25, 0.3) is 0 Å². The molecule has 0 aliphatic rings. The van der Waals surface area contributed by atoms with E-state index in [2.05, 4.69) is 137 Å². The van der Waals surface area contributed by atoms with Crippen molar-refractivity contribution in [3.05, 3.63) is 104 Å². The van der Waals surface area contributed by atoms with Gasteiger partial charge in [-0.25, -0.2) is 0 Å². The Kier molecular flexibility index (Phi) is 25.4. The van der Waals surface area contributed by atoms with Gasteiger partial charge in [-0.2, -0.15) is 124 Å². The fourth-order valence-corrected chi connectivity index (χ4v) is 9.19. The van der Waals surface area contributed by atoms with Crippen LogP contribution < -0.4 is 96.5 Å². The highest BCUT2D eigenvalue weighted by molar-refractivity contribution is 7.08. The van der Waals surface area contributed by atoms with Crippen LogP contribution in [-0.2, 0) is 0 Å². The van der Waals surface area contributed by atoms with E-state index in [9.17, 15) is 0 Å². The van der Waals surface area contributed by atoms with Gasteiger partial charge in [-0.1, -0.05) is 0 Å². The zero-order valence-corrected chi connectivity index (χ0v) is 57.7. The van der Waals surface area contributed by atoms with Gasteiger partial charge in [0.15, 0.2) is 0 Å². The lowest BCUT2D eigenvalue weighted by molar-refractivity contribution is 0.920. The number of H-pyrrole nitrogens is 3. The minimum absolute atomic E-state index is 0.0910. The summed E-state index contributed by atoms with van der Waals surface area (Å²) in [4.78, 5) is 91.1. The molecular weight excluding hydrogens is 1300 g/mol. The monoisotopic (exact) mass is 1380 g/mol. The van der Waals surface area contributed by atoms with Gasteiger partial charge in [0.05, 0.1) is 17.1 Å². The van der Waals surface area contributed by atoms with Crippen LogP contribution in [0.3, 0.4) is 0 Å². The number of nitrogens with zero attached hydrogens (tertiary/aromatic N) is 23. The zero-order valence-electron chi connectivity index (χ0n) is 55.2. The fourth-order valence-electron chi connectivity index (χ4n) is 7.34. The number of aromatic amines is 3. The van der Waals surface area contributed by atoms with Crippen molar-refractivity contribution in [3.8, 4) is 0 Å². The van der Waals surface area contributed by atoms with Crippen molar-refractivity contribution in [2.75, 3.05) is 167 Å². The van der Waals surface area contributed by atoms with E-state index < -0.39 is 0 Å². The van der Waals surface area contributed by atoms with E-state index in [0.717, 1.165) is 51.6 Å². The predicted molar refractivity (Wildman–Crippen MR) is 391 cm³/mol. The van der Waals surface area contributed by atoms with Gasteiger partial charge in [0, 0.05) is 104 Å². The van der Waals surface area contributed by atoms with Crippen LogP contribution in [0.1, 0.15) is 17.1 Å². The summed E-state index contributed by atoms with van der Waals surface area (Å²) in [6, 6.07) is 17.4.